The van der Waals surface area contributed by atoms with Crippen LogP contribution < -0.4 is 0 Å². The van der Waals surface area contributed by atoms with Gasteiger partial charge < -0.3 is 4.74 Å². The second-order valence-electron chi connectivity index (χ2n) is 6.06. The van der Waals surface area contributed by atoms with Gasteiger partial charge in [0.15, 0.2) is 0 Å². The van der Waals surface area contributed by atoms with Crippen LogP contribution in [0.4, 0.5) is 0 Å². The van der Waals surface area contributed by atoms with Crippen LogP contribution in [0.1, 0.15) is 53.4 Å². The van der Waals surface area contributed by atoms with Gasteiger partial charge in [0.2, 0.25) is 0 Å². The molecule has 0 N–H and O–H groups in total. The Labute approximate surface area is 93.9 Å². The molecule has 0 amide bonds. The predicted molar refractivity (Wildman–Crippen MR) is 63.8 cm³/mol. The van der Waals surface area contributed by atoms with Crippen molar-refractivity contribution in [3.8, 4) is 0 Å². The molecule has 3 unspecified atom stereocenters. The van der Waals surface area contributed by atoms with Gasteiger partial charge in [-0.25, -0.2) is 0 Å². The molecule has 1 nitrogen and oxygen atoms in total. The second-order valence-corrected chi connectivity index (χ2v) is 6.06. The summed E-state index contributed by atoms with van der Waals surface area (Å²) in [5.74, 6) is 0.730. The fourth-order valence-electron chi connectivity index (χ4n) is 3.41. The monoisotopic (exact) mass is 208 g/mol. The summed E-state index contributed by atoms with van der Waals surface area (Å²) in [6, 6.07) is 0. The van der Waals surface area contributed by atoms with E-state index in [0.29, 0.717) is 6.10 Å². The van der Waals surface area contributed by atoms with E-state index >= 15 is 0 Å². The van der Waals surface area contributed by atoms with Crippen molar-refractivity contribution in [1.29, 1.82) is 0 Å². The van der Waals surface area contributed by atoms with Gasteiger partial charge in [-0.05, 0) is 44.1 Å². The molecule has 2 fully saturated rings. The van der Waals surface area contributed by atoms with Crippen LogP contribution in [0.25, 0.3) is 0 Å². The molecule has 2 aliphatic rings. The Hall–Kier alpha value is -0.300. The highest BCUT2D eigenvalue weighted by Crippen LogP contribution is 2.57. The third kappa shape index (κ3) is 1.39. The first-order valence-corrected chi connectivity index (χ1v) is 6.26. The molecule has 0 radical (unpaired) electrons. The molecule has 3 atom stereocenters. The van der Waals surface area contributed by atoms with Crippen molar-refractivity contribution < 1.29 is 4.74 Å². The molecule has 1 aliphatic carbocycles. The molecule has 1 spiro atoms. The highest BCUT2D eigenvalue weighted by Gasteiger charge is 2.56. The quantitative estimate of drug-likeness (QED) is 0.548. The van der Waals surface area contributed by atoms with Crippen molar-refractivity contribution in [1.82, 2.24) is 0 Å². The first-order chi connectivity index (χ1) is 6.90. The number of hydrogen-bond acceptors (Lipinski definition) is 1. The maximum Gasteiger partial charge on any atom is 0.0946 e. The third-order valence-corrected chi connectivity index (χ3v) is 5.03. The molecule has 1 saturated carbocycles. The molecule has 1 heteroatoms. The van der Waals surface area contributed by atoms with Crippen molar-refractivity contribution in [2.75, 3.05) is 0 Å². The maximum atomic E-state index is 6.29. The zero-order valence-corrected chi connectivity index (χ0v) is 10.6. The van der Waals surface area contributed by atoms with Crippen LogP contribution >= 0.6 is 0 Å². The van der Waals surface area contributed by atoms with Gasteiger partial charge in [-0.1, -0.05) is 27.4 Å². The van der Waals surface area contributed by atoms with E-state index in [-0.39, 0.29) is 11.0 Å². The Morgan fingerprint density at radius 2 is 1.93 bits per heavy atom. The summed E-state index contributed by atoms with van der Waals surface area (Å²) < 4.78 is 6.29. The zero-order valence-electron chi connectivity index (χ0n) is 10.6. The molecule has 2 rings (SSSR count). The average molecular weight is 208 g/mol. The lowest BCUT2D eigenvalue weighted by Gasteiger charge is -2.52. The summed E-state index contributed by atoms with van der Waals surface area (Å²) in [5.41, 5.74) is 1.56. The van der Waals surface area contributed by atoms with Crippen LogP contribution in [0.15, 0.2) is 12.2 Å². The van der Waals surface area contributed by atoms with Crippen LogP contribution in [-0.4, -0.2) is 11.7 Å². The van der Waals surface area contributed by atoms with Crippen molar-refractivity contribution in [2.24, 2.45) is 11.3 Å². The predicted octanol–water partition coefficient (Wildman–Crippen LogP) is 3.94. The van der Waals surface area contributed by atoms with E-state index < -0.39 is 0 Å². The minimum Gasteiger partial charge on any atom is -0.367 e. The summed E-state index contributed by atoms with van der Waals surface area (Å²) >= 11 is 0. The smallest absolute Gasteiger partial charge is 0.0946 e. The summed E-state index contributed by atoms with van der Waals surface area (Å²) in [7, 11) is 0. The third-order valence-electron chi connectivity index (χ3n) is 5.03. The van der Waals surface area contributed by atoms with Crippen molar-refractivity contribution in [2.45, 2.75) is 65.1 Å². The maximum absolute atomic E-state index is 6.29. The van der Waals surface area contributed by atoms with Crippen LogP contribution in [0.5, 0.6) is 0 Å². The van der Waals surface area contributed by atoms with Crippen LogP contribution in [0.3, 0.4) is 0 Å². The van der Waals surface area contributed by atoms with Crippen molar-refractivity contribution in [3.63, 3.8) is 0 Å². The van der Waals surface area contributed by atoms with E-state index in [0.717, 1.165) is 12.3 Å². The first-order valence-electron chi connectivity index (χ1n) is 6.26. The van der Waals surface area contributed by atoms with Gasteiger partial charge in [-0.15, -0.1) is 0 Å². The lowest BCUT2D eigenvalue weighted by Crippen LogP contribution is -2.52. The van der Waals surface area contributed by atoms with Gasteiger partial charge >= 0.3 is 0 Å². The minimum atomic E-state index is -0.0237. The largest absolute Gasteiger partial charge is 0.367 e. The van der Waals surface area contributed by atoms with Crippen molar-refractivity contribution in [3.05, 3.63) is 12.2 Å². The molecule has 86 valence electrons. The number of rotatable bonds is 0. The molecule has 0 aromatic heterocycles. The highest BCUT2D eigenvalue weighted by atomic mass is 16.5. The summed E-state index contributed by atoms with van der Waals surface area (Å²) in [6.45, 7) is 13.6. The van der Waals surface area contributed by atoms with Gasteiger partial charge in [0.25, 0.3) is 0 Å². The molecule has 0 aromatic rings. The minimum absolute atomic E-state index is 0.0237. The Morgan fingerprint density at radius 3 is 2.47 bits per heavy atom. The fraction of sp³-hybridized carbons (Fsp3) is 0.857. The Kier molecular flexibility index (Phi) is 2.50. The normalized spacial score (nSPS) is 44.9. The fourth-order valence-corrected chi connectivity index (χ4v) is 3.41. The van der Waals surface area contributed by atoms with Gasteiger partial charge in [-0.2, -0.15) is 0 Å². The molecule has 1 saturated heterocycles. The molecule has 0 aromatic carbocycles. The van der Waals surface area contributed by atoms with E-state index in [1.54, 1.807) is 0 Å². The Balaban J connectivity index is 2.37. The Bertz CT molecular complexity index is 279. The first kappa shape index (κ1) is 11.2. The molecular formula is C14H24O. The van der Waals surface area contributed by atoms with Crippen molar-refractivity contribution >= 4 is 0 Å². The summed E-state index contributed by atoms with van der Waals surface area (Å²) in [6.07, 6.45) is 5.19. The second kappa shape index (κ2) is 3.35. The van der Waals surface area contributed by atoms with E-state index in [9.17, 15) is 0 Å². The van der Waals surface area contributed by atoms with Crippen LogP contribution in [0.2, 0.25) is 0 Å². The standard InChI is InChI=1S/C14H24O/c1-10-6-7-11(2)14(13(10,4)5)9-8-12(3)15-14/h10,12H,2,6-9H2,1,3-5H3. The van der Waals surface area contributed by atoms with E-state index in [1.165, 1.54) is 24.8 Å². The average Bonchev–Trinajstić information content (AvgIpc) is 2.55. The van der Waals surface area contributed by atoms with Gasteiger partial charge in [0.1, 0.15) is 0 Å². The Morgan fingerprint density at radius 1 is 1.27 bits per heavy atom. The van der Waals surface area contributed by atoms with Gasteiger partial charge in [0.05, 0.1) is 11.7 Å². The van der Waals surface area contributed by atoms with Gasteiger partial charge in [0, 0.05) is 5.41 Å². The van der Waals surface area contributed by atoms with Crippen LogP contribution in [0, 0.1) is 11.3 Å². The number of hydrogen-bond donors (Lipinski definition) is 0. The summed E-state index contributed by atoms with van der Waals surface area (Å²) in [5, 5.41) is 0. The van der Waals surface area contributed by atoms with E-state index in [2.05, 4.69) is 34.3 Å². The molecule has 1 aliphatic heterocycles. The van der Waals surface area contributed by atoms with Gasteiger partial charge in [-0.3, -0.25) is 0 Å². The highest BCUT2D eigenvalue weighted by molar-refractivity contribution is 5.24. The van der Waals surface area contributed by atoms with Crippen LogP contribution in [-0.2, 0) is 4.74 Å². The molecule has 15 heavy (non-hydrogen) atoms. The lowest BCUT2D eigenvalue weighted by atomic mass is 9.57. The topological polar surface area (TPSA) is 9.23 Å². The van der Waals surface area contributed by atoms with E-state index in [4.69, 9.17) is 4.74 Å². The lowest BCUT2D eigenvalue weighted by molar-refractivity contribution is -0.119. The molecular weight excluding hydrogens is 184 g/mol. The molecule has 0 bridgehead atoms. The SMILES string of the molecule is C=C1CCC(C)C(C)(C)C12CCC(C)O2. The number of ether oxygens (including phenoxy) is 1. The zero-order chi connectivity index (χ0) is 11.3. The van der Waals surface area contributed by atoms with E-state index in [1.807, 2.05) is 0 Å². The summed E-state index contributed by atoms with van der Waals surface area (Å²) in [4.78, 5) is 0. The molecule has 1 heterocycles.